The molecule has 0 heterocycles. The molecule has 1 atom stereocenters. The lowest BCUT2D eigenvalue weighted by molar-refractivity contribution is -0.426. The van der Waals surface area contributed by atoms with Crippen molar-refractivity contribution < 1.29 is 14.5 Å². The van der Waals surface area contributed by atoms with E-state index in [1.807, 2.05) is 12.1 Å². The summed E-state index contributed by atoms with van der Waals surface area (Å²) in [5, 5.41) is 14.4. The van der Waals surface area contributed by atoms with Crippen molar-refractivity contribution in [2.75, 3.05) is 11.9 Å². The fourth-order valence-corrected chi connectivity index (χ4v) is 2.14. The predicted octanol–water partition coefficient (Wildman–Crippen LogP) is 3.35. The maximum Gasteiger partial charge on any atom is 0.339 e. The van der Waals surface area contributed by atoms with Crippen LogP contribution in [-0.4, -0.2) is 23.5 Å². The molecule has 0 spiro atoms. The van der Waals surface area contributed by atoms with Crippen LogP contribution >= 0.6 is 0 Å². The molecule has 124 valence electrons. The van der Waals surface area contributed by atoms with E-state index in [0.717, 1.165) is 0 Å². The predicted molar refractivity (Wildman–Crippen MR) is 91.9 cm³/mol. The largest absolute Gasteiger partial charge is 0.464 e. The molecule has 2 aromatic rings. The lowest BCUT2D eigenvalue weighted by Gasteiger charge is -2.16. The van der Waals surface area contributed by atoms with Gasteiger partial charge in [-0.15, -0.1) is 0 Å². The number of anilines is 1. The molecule has 0 fully saturated rings. The van der Waals surface area contributed by atoms with Crippen LogP contribution in [0.1, 0.15) is 12.5 Å². The van der Waals surface area contributed by atoms with Gasteiger partial charge < -0.3 is 10.1 Å². The monoisotopic (exact) mass is 326 g/mol. The second kappa shape index (κ2) is 8.47. The van der Waals surface area contributed by atoms with Gasteiger partial charge >= 0.3 is 5.97 Å². The lowest BCUT2D eigenvalue weighted by Crippen LogP contribution is -2.36. The Labute approximate surface area is 139 Å². The molecule has 6 nitrogen and oxygen atoms in total. The van der Waals surface area contributed by atoms with E-state index >= 15 is 0 Å². The first-order valence-electron chi connectivity index (χ1n) is 7.51. The Bertz CT molecular complexity index is 714. The van der Waals surface area contributed by atoms with Gasteiger partial charge in [0.2, 0.25) is 6.04 Å². The second-order valence-corrected chi connectivity index (χ2v) is 4.93. The van der Waals surface area contributed by atoms with Gasteiger partial charge in [0.15, 0.2) is 0 Å². The smallest absolute Gasteiger partial charge is 0.339 e. The van der Waals surface area contributed by atoms with E-state index in [1.165, 1.54) is 6.08 Å². The van der Waals surface area contributed by atoms with Crippen molar-refractivity contribution in [1.29, 1.82) is 0 Å². The molecule has 0 aliphatic carbocycles. The highest BCUT2D eigenvalue weighted by Crippen LogP contribution is 2.17. The normalized spacial score (nSPS) is 12.3. The Hall–Kier alpha value is -3.15. The summed E-state index contributed by atoms with van der Waals surface area (Å²) >= 11 is 0. The zero-order chi connectivity index (χ0) is 17.4. The average Bonchev–Trinajstić information content (AvgIpc) is 2.60. The number of nitrogens with one attached hydrogen (secondary N) is 1. The summed E-state index contributed by atoms with van der Waals surface area (Å²) in [6.07, 6.45) is 1.37. The standard InChI is InChI=1S/C18H18N2O4/c1-2-24-18(21)17(19-15-11-7-4-8-12-15)16(20(22)23)13-14-9-5-3-6-10-14/h3-13,17,19H,2H2,1H3/b16-13+/t17-/m1/s1. The van der Waals surface area contributed by atoms with Gasteiger partial charge in [-0.3, -0.25) is 10.1 Å². The minimum Gasteiger partial charge on any atom is -0.464 e. The van der Waals surface area contributed by atoms with Crippen LogP contribution in [0, 0.1) is 10.1 Å². The Kier molecular flexibility index (Phi) is 6.08. The van der Waals surface area contributed by atoms with Crippen LogP contribution in [0.2, 0.25) is 0 Å². The number of nitrogens with zero attached hydrogens (tertiary/aromatic N) is 1. The fraction of sp³-hybridized carbons (Fsp3) is 0.167. The molecule has 0 aliphatic rings. The third-order valence-corrected chi connectivity index (χ3v) is 3.23. The van der Waals surface area contributed by atoms with Crippen molar-refractivity contribution in [3.05, 3.63) is 82.0 Å². The molecule has 0 saturated heterocycles. The first-order valence-corrected chi connectivity index (χ1v) is 7.51. The number of ether oxygens (including phenoxy) is 1. The minimum absolute atomic E-state index is 0.141. The first-order chi connectivity index (χ1) is 11.6. The van der Waals surface area contributed by atoms with Crippen LogP contribution in [0.4, 0.5) is 5.69 Å². The van der Waals surface area contributed by atoms with Crippen LogP contribution < -0.4 is 5.32 Å². The van der Waals surface area contributed by atoms with Gasteiger partial charge in [-0.2, -0.15) is 0 Å². The van der Waals surface area contributed by atoms with Gasteiger partial charge in [-0.1, -0.05) is 48.5 Å². The Morgan fingerprint density at radius 3 is 2.29 bits per heavy atom. The zero-order valence-corrected chi connectivity index (χ0v) is 13.2. The molecule has 0 unspecified atom stereocenters. The lowest BCUT2D eigenvalue weighted by atomic mass is 10.1. The second-order valence-electron chi connectivity index (χ2n) is 4.93. The van der Waals surface area contributed by atoms with Crippen molar-refractivity contribution in [2.45, 2.75) is 13.0 Å². The molecule has 0 bridgehead atoms. The van der Waals surface area contributed by atoms with Crippen LogP contribution in [0.25, 0.3) is 6.08 Å². The van der Waals surface area contributed by atoms with Crippen molar-refractivity contribution >= 4 is 17.7 Å². The SMILES string of the molecule is CCOC(=O)[C@H](Nc1ccccc1)/C(=C\c1ccccc1)[N+](=O)[O-]. The van der Waals surface area contributed by atoms with Gasteiger partial charge in [0, 0.05) is 11.8 Å². The van der Waals surface area contributed by atoms with E-state index in [1.54, 1.807) is 55.5 Å². The summed E-state index contributed by atoms with van der Waals surface area (Å²) in [7, 11) is 0. The van der Waals surface area contributed by atoms with Gasteiger partial charge in [0.25, 0.3) is 5.70 Å². The minimum atomic E-state index is -1.21. The third-order valence-electron chi connectivity index (χ3n) is 3.23. The molecule has 6 heteroatoms. The summed E-state index contributed by atoms with van der Waals surface area (Å²) < 4.78 is 5.00. The van der Waals surface area contributed by atoms with Crippen molar-refractivity contribution in [3.63, 3.8) is 0 Å². The van der Waals surface area contributed by atoms with E-state index in [0.29, 0.717) is 11.3 Å². The third kappa shape index (κ3) is 4.67. The highest BCUT2D eigenvalue weighted by atomic mass is 16.6. The zero-order valence-electron chi connectivity index (χ0n) is 13.2. The number of rotatable bonds is 7. The van der Waals surface area contributed by atoms with E-state index < -0.39 is 16.9 Å². The van der Waals surface area contributed by atoms with Crippen LogP contribution in [0.15, 0.2) is 66.4 Å². The summed E-state index contributed by atoms with van der Waals surface area (Å²) in [5.41, 5.74) is 0.952. The summed E-state index contributed by atoms with van der Waals surface area (Å²) in [6, 6.07) is 16.4. The molecule has 0 saturated carbocycles. The highest BCUT2D eigenvalue weighted by Gasteiger charge is 2.33. The van der Waals surface area contributed by atoms with E-state index in [-0.39, 0.29) is 12.3 Å². The topological polar surface area (TPSA) is 81.5 Å². The molecule has 0 aliphatic heterocycles. The Morgan fingerprint density at radius 2 is 1.75 bits per heavy atom. The Balaban J connectivity index is 2.39. The number of nitro groups is 1. The molecule has 0 radical (unpaired) electrons. The molecule has 2 aromatic carbocycles. The van der Waals surface area contributed by atoms with E-state index in [9.17, 15) is 14.9 Å². The Morgan fingerprint density at radius 1 is 1.17 bits per heavy atom. The molecule has 24 heavy (non-hydrogen) atoms. The number of benzene rings is 2. The van der Waals surface area contributed by atoms with Crippen molar-refractivity contribution in [3.8, 4) is 0 Å². The number of para-hydroxylation sites is 1. The quantitative estimate of drug-likeness (QED) is 0.479. The maximum absolute atomic E-state index is 12.3. The molecule has 1 N–H and O–H groups in total. The molecule has 0 amide bonds. The molecular formula is C18H18N2O4. The highest BCUT2D eigenvalue weighted by molar-refractivity contribution is 5.84. The van der Waals surface area contributed by atoms with Crippen molar-refractivity contribution in [2.24, 2.45) is 0 Å². The number of esters is 1. The number of carbonyl (C=O) groups excluding carboxylic acids is 1. The molecule has 2 rings (SSSR count). The number of hydrogen-bond acceptors (Lipinski definition) is 5. The van der Waals surface area contributed by atoms with Gasteiger partial charge in [-0.25, -0.2) is 4.79 Å². The average molecular weight is 326 g/mol. The summed E-state index contributed by atoms with van der Waals surface area (Å²) in [5.74, 6) is -0.694. The van der Waals surface area contributed by atoms with Crippen LogP contribution in [-0.2, 0) is 9.53 Å². The van der Waals surface area contributed by atoms with Gasteiger partial charge in [0.1, 0.15) is 0 Å². The number of hydrogen-bond donors (Lipinski definition) is 1. The molecule has 0 aromatic heterocycles. The number of carbonyl (C=O) groups is 1. The van der Waals surface area contributed by atoms with Gasteiger partial charge in [-0.05, 0) is 24.6 Å². The maximum atomic E-state index is 12.3. The van der Waals surface area contributed by atoms with E-state index in [4.69, 9.17) is 4.74 Å². The summed E-state index contributed by atoms with van der Waals surface area (Å²) in [6.45, 7) is 1.80. The van der Waals surface area contributed by atoms with E-state index in [2.05, 4.69) is 5.32 Å². The van der Waals surface area contributed by atoms with Gasteiger partial charge in [0.05, 0.1) is 11.5 Å². The van der Waals surface area contributed by atoms with Crippen LogP contribution in [0.3, 0.4) is 0 Å². The van der Waals surface area contributed by atoms with Crippen LogP contribution in [0.5, 0.6) is 0 Å². The van der Waals surface area contributed by atoms with Crippen molar-refractivity contribution in [1.82, 2.24) is 0 Å². The summed E-state index contributed by atoms with van der Waals surface area (Å²) in [4.78, 5) is 23.2. The fourth-order valence-electron chi connectivity index (χ4n) is 2.14. The molecular weight excluding hydrogens is 308 g/mol. The first kappa shape index (κ1) is 17.2.